The van der Waals surface area contributed by atoms with Crippen molar-refractivity contribution in [2.24, 2.45) is 5.73 Å². The van der Waals surface area contributed by atoms with Crippen LogP contribution < -0.4 is 5.73 Å². The van der Waals surface area contributed by atoms with Crippen molar-refractivity contribution in [2.45, 2.75) is 38.6 Å². The van der Waals surface area contributed by atoms with Gasteiger partial charge in [0, 0.05) is 11.4 Å². The molecule has 18 heavy (non-hydrogen) atoms. The third kappa shape index (κ3) is 2.08. The predicted molar refractivity (Wildman–Crippen MR) is 75.4 cm³/mol. The van der Waals surface area contributed by atoms with E-state index in [9.17, 15) is 0 Å². The molecule has 0 amide bonds. The molecule has 2 aromatic rings. The molecule has 0 fully saturated rings. The Labute approximate surface area is 107 Å². The lowest BCUT2D eigenvalue weighted by atomic mass is 10.1. The van der Waals surface area contributed by atoms with E-state index < -0.39 is 0 Å². The van der Waals surface area contributed by atoms with Crippen LogP contribution in [0, 0.1) is 6.92 Å². The summed E-state index contributed by atoms with van der Waals surface area (Å²) < 4.78 is 6.02. The Balaban J connectivity index is 2.06. The highest BCUT2D eigenvalue weighted by molar-refractivity contribution is 5.84. The maximum atomic E-state index is 6.07. The summed E-state index contributed by atoms with van der Waals surface area (Å²) in [6.45, 7) is 2.09. The van der Waals surface area contributed by atoms with Gasteiger partial charge in [0.2, 0.25) is 0 Å². The largest absolute Gasteiger partial charge is 0.456 e. The van der Waals surface area contributed by atoms with Crippen LogP contribution in [0.15, 0.2) is 34.8 Å². The van der Waals surface area contributed by atoms with E-state index in [4.69, 9.17) is 10.2 Å². The fourth-order valence-electron chi connectivity index (χ4n) is 2.69. The van der Waals surface area contributed by atoms with E-state index in [1.165, 1.54) is 29.4 Å². The number of para-hydroxylation sites is 1. The first-order valence-electron chi connectivity index (χ1n) is 6.70. The molecule has 1 unspecified atom stereocenters. The monoisotopic (exact) mass is 241 g/mol. The topological polar surface area (TPSA) is 39.2 Å². The van der Waals surface area contributed by atoms with Gasteiger partial charge in [-0.3, -0.25) is 0 Å². The van der Waals surface area contributed by atoms with Gasteiger partial charge in [0.05, 0.1) is 0 Å². The summed E-state index contributed by atoms with van der Waals surface area (Å²) in [5.41, 5.74) is 9.54. The summed E-state index contributed by atoms with van der Waals surface area (Å²) in [5.74, 6) is 0.997. The number of allylic oxidation sites excluding steroid dienone is 1. The highest BCUT2D eigenvalue weighted by Gasteiger charge is 2.14. The smallest absolute Gasteiger partial charge is 0.137 e. The lowest BCUT2D eigenvalue weighted by Crippen LogP contribution is -2.15. The molecule has 3 rings (SSSR count). The minimum absolute atomic E-state index is 0.178. The van der Waals surface area contributed by atoms with Crippen molar-refractivity contribution in [3.8, 4) is 0 Å². The van der Waals surface area contributed by atoms with Crippen molar-refractivity contribution in [1.29, 1.82) is 0 Å². The first-order chi connectivity index (χ1) is 8.74. The standard InChI is InChI=1S/C16H19NO/c1-11-5-4-7-13-10-15(18-16(11)13)12-6-2-3-8-14(17)9-12/h4-5,7,9-10,14H,2-3,6,8,17H2,1H3. The summed E-state index contributed by atoms with van der Waals surface area (Å²) >= 11 is 0. The molecular weight excluding hydrogens is 222 g/mol. The van der Waals surface area contributed by atoms with Gasteiger partial charge in [0.25, 0.3) is 0 Å². The van der Waals surface area contributed by atoms with Crippen LogP contribution in [0.25, 0.3) is 16.5 Å². The second kappa shape index (κ2) is 4.62. The minimum atomic E-state index is 0.178. The quantitative estimate of drug-likeness (QED) is 0.818. The van der Waals surface area contributed by atoms with Crippen LogP contribution in [-0.4, -0.2) is 6.04 Å². The van der Waals surface area contributed by atoms with E-state index in [0.29, 0.717) is 0 Å². The molecule has 94 valence electrons. The zero-order valence-electron chi connectivity index (χ0n) is 10.8. The number of fused-ring (bicyclic) bond motifs is 1. The zero-order valence-corrected chi connectivity index (χ0v) is 10.8. The fourth-order valence-corrected chi connectivity index (χ4v) is 2.69. The summed E-state index contributed by atoms with van der Waals surface area (Å²) in [6.07, 6.45) is 6.76. The molecule has 2 N–H and O–H groups in total. The first kappa shape index (κ1) is 11.5. The number of rotatable bonds is 1. The van der Waals surface area contributed by atoms with Crippen molar-refractivity contribution in [1.82, 2.24) is 0 Å². The molecule has 1 aromatic heterocycles. The summed E-state index contributed by atoms with van der Waals surface area (Å²) in [6, 6.07) is 8.59. The lowest BCUT2D eigenvalue weighted by Gasteiger charge is -2.03. The van der Waals surface area contributed by atoms with Crippen molar-refractivity contribution in [3.05, 3.63) is 41.7 Å². The van der Waals surface area contributed by atoms with E-state index >= 15 is 0 Å². The van der Waals surface area contributed by atoms with Gasteiger partial charge in [-0.05, 0) is 43.4 Å². The van der Waals surface area contributed by atoms with Crippen LogP contribution >= 0.6 is 0 Å². The van der Waals surface area contributed by atoms with Gasteiger partial charge in [-0.1, -0.05) is 30.7 Å². The lowest BCUT2D eigenvalue weighted by molar-refractivity contribution is 0.592. The summed E-state index contributed by atoms with van der Waals surface area (Å²) in [7, 11) is 0. The van der Waals surface area contributed by atoms with E-state index in [-0.39, 0.29) is 6.04 Å². The number of hydrogen-bond acceptors (Lipinski definition) is 2. The minimum Gasteiger partial charge on any atom is -0.456 e. The molecule has 1 aliphatic rings. The van der Waals surface area contributed by atoms with Crippen LogP contribution in [0.2, 0.25) is 0 Å². The molecule has 2 heteroatoms. The van der Waals surface area contributed by atoms with E-state index in [1.54, 1.807) is 0 Å². The summed E-state index contributed by atoms with van der Waals surface area (Å²) in [5, 5.41) is 1.18. The molecule has 0 aliphatic heterocycles. The van der Waals surface area contributed by atoms with E-state index in [0.717, 1.165) is 24.2 Å². The van der Waals surface area contributed by atoms with Gasteiger partial charge in [-0.15, -0.1) is 0 Å². The van der Waals surface area contributed by atoms with Crippen LogP contribution in [0.3, 0.4) is 0 Å². The molecule has 1 aromatic carbocycles. The highest BCUT2D eigenvalue weighted by atomic mass is 16.3. The second-order valence-corrected chi connectivity index (χ2v) is 5.21. The zero-order chi connectivity index (χ0) is 12.5. The van der Waals surface area contributed by atoms with Crippen LogP contribution in [0.4, 0.5) is 0 Å². The third-order valence-corrected chi connectivity index (χ3v) is 3.71. The Bertz CT molecular complexity index is 594. The van der Waals surface area contributed by atoms with Crippen molar-refractivity contribution in [3.63, 3.8) is 0 Å². The van der Waals surface area contributed by atoms with Gasteiger partial charge in [0.15, 0.2) is 0 Å². The van der Waals surface area contributed by atoms with Gasteiger partial charge in [-0.25, -0.2) is 0 Å². The maximum absolute atomic E-state index is 6.07. The van der Waals surface area contributed by atoms with Gasteiger partial charge in [-0.2, -0.15) is 0 Å². The first-order valence-corrected chi connectivity index (χ1v) is 6.70. The number of furan rings is 1. The SMILES string of the molecule is Cc1cccc2cc(C3=CC(N)CCCC3)oc12. The Morgan fingerprint density at radius 2 is 2.17 bits per heavy atom. The molecule has 0 saturated carbocycles. The van der Waals surface area contributed by atoms with Crippen molar-refractivity contribution >= 4 is 16.5 Å². The molecule has 1 aliphatic carbocycles. The summed E-state index contributed by atoms with van der Waals surface area (Å²) in [4.78, 5) is 0. The number of hydrogen-bond donors (Lipinski definition) is 1. The van der Waals surface area contributed by atoms with Crippen molar-refractivity contribution in [2.75, 3.05) is 0 Å². The molecule has 1 heterocycles. The second-order valence-electron chi connectivity index (χ2n) is 5.21. The average Bonchev–Trinajstić information content (AvgIpc) is 2.67. The Morgan fingerprint density at radius 1 is 1.28 bits per heavy atom. The van der Waals surface area contributed by atoms with Crippen LogP contribution in [0.5, 0.6) is 0 Å². The van der Waals surface area contributed by atoms with Crippen LogP contribution in [0.1, 0.15) is 37.0 Å². The van der Waals surface area contributed by atoms with E-state index in [1.807, 2.05) is 0 Å². The van der Waals surface area contributed by atoms with Gasteiger partial charge < -0.3 is 10.2 Å². The number of aryl methyl sites for hydroxylation is 1. The molecule has 2 nitrogen and oxygen atoms in total. The van der Waals surface area contributed by atoms with Crippen molar-refractivity contribution < 1.29 is 4.42 Å². The Kier molecular flexibility index (Phi) is 2.96. The Hall–Kier alpha value is -1.54. The number of nitrogens with two attached hydrogens (primary N) is 1. The Morgan fingerprint density at radius 3 is 3.00 bits per heavy atom. The normalized spacial score (nSPS) is 20.8. The average molecular weight is 241 g/mol. The van der Waals surface area contributed by atoms with Crippen LogP contribution in [-0.2, 0) is 0 Å². The third-order valence-electron chi connectivity index (χ3n) is 3.71. The predicted octanol–water partition coefficient (Wildman–Crippen LogP) is 4.03. The van der Waals surface area contributed by atoms with E-state index in [2.05, 4.69) is 37.3 Å². The number of benzene rings is 1. The molecule has 1 atom stereocenters. The molecule has 0 radical (unpaired) electrons. The van der Waals surface area contributed by atoms with Gasteiger partial charge in [0.1, 0.15) is 11.3 Å². The molecular formula is C16H19NO. The highest BCUT2D eigenvalue weighted by Crippen LogP contribution is 2.31. The molecule has 0 saturated heterocycles. The molecule has 0 bridgehead atoms. The fraction of sp³-hybridized carbons (Fsp3) is 0.375. The molecule has 0 spiro atoms. The van der Waals surface area contributed by atoms with Gasteiger partial charge >= 0.3 is 0 Å². The maximum Gasteiger partial charge on any atom is 0.137 e.